The van der Waals surface area contributed by atoms with Gasteiger partial charge < -0.3 is 14.7 Å². The van der Waals surface area contributed by atoms with Crippen LogP contribution >= 0.6 is 15.9 Å². The molecule has 1 amide bonds. The molecule has 1 aromatic carbocycles. The Hall–Kier alpha value is -1.67. The van der Waals surface area contributed by atoms with Gasteiger partial charge in [0.2, 0.25) is 5.75 Å². The van der Waals surface area contributed by atoms with Crippen molar-refractivity contribution in [3.05, 3.63) is 32.3 Å². The molecule has 0 aliphatic heterocycles. The number of carbonyl (C=O) groups excluding carboxylic acids is 1. The Labute approximate surface area is 124 Å². The second-order valence-electron chi connectivity index (χ2n) is 4.35. The molecule has 8 heteroatoms. The van der Waals surface area contributed by atoms with Crippen molar-refractivity contribution in [2.24, 2.45) is 0 Å². The molecule has 1 rings (SSSR count). The van der Waals surface area contributed by atoms with Gasteiger partial charge >= 0.3 is 5.69 Å². The summed E-state index contributed by atoms with van der Waals surface area (Å²) < 4.78 is 5.71. The van der Waals surface area contributed by atoms with Crippen molar-refractivity contribution in [1.82, 2.24) is 4.90 Å². The van der Waals surface area contributed by atoms with Crippen LogP contribution < -0.4 is 4.74 Å². The maximum Gasteiger partial charge on any atom is 0.312 e. The van der Waals surface area contributed by atoms with Crippen molar-refractivity contribution in [1.29, 1.82) is 0 Å². The minimum atomic E-state index is -0.962. The number of benzene rings is 1. The first-order valence-electron chi connectivity index (χ1n) is 5.73. The van der Waals surface area contributed by atoms with Crippen LogP contribution in [0.5, 0.6) is 5.75 Å². The first-order valence-corrected chi connectivity index (χ1v) is 6.52. The van der Waals surface area contributed by atoms with Gasteiger partial charge in [-0.25, -0.2) is 0 Å². The van der Waals surface area contributed by atoms with E-state index in [2.05, 4.69) is 15.9 Å². The second-order valence-corrected chi connectivity index (χ2v) is 5.27. The normalized spacial score (nSPS) is 11.8. The number of ether oxygens (including phenoxy) is 1. The molecule has 1 N–H and O–H groups in total. The average Bonchev–Trinajstić information content (AvgIpc) is 2.35. The van der Waals surface area contributed by atoms with Crippen LogP contribution in [0.1, 0.15) is 18.6 Å². The van der Waals surface area contributed by atoms with Gasteiger partial charge in [0.25, 0.3) is 5.91 Å². The minimum Gasteiger partial charge on any atom is -0.476 e. The number of amides is 1. The quantitative estimate of drug-likeness (QED) is 0.648. The van der Waals surface area contributed by atoms with Crippen LogP contribution in [-0.2, 0) is 4.79 Å². The van der Waals surface area contributed by atoms with Crippen molar-refractivity contribution in [3.8, 4) is 5.75 Å². The highest BCUT2D eigenvalue weighted by Gasteiger charge is 2.24. The molecule has 110 valence electrons. The molecule has 20 heavy (non-hydrogen) atoms. The van der Waals surface area contributed by atoms with Crippen LogP contribution in [0.4, 0.5) is 5.69 Å². The van der Waals surface area contributed by atoms with E-state index in [0.29, 0.717) is 4.47 Å². The fraction of sp³-hybridized carbons (Fsp3) is 0.417. The molecule has 0 fully saturated rings. The molecule has 0 aromatic heterocycles. The Kier molecular flexibility index (Phi) is 5.46. The summed E-state index contributed by atoms with van der Waals surface area (Å²) in [6.45, 7) is 1.13. The van der Waals surface area contributed by atoms with E-state index in [1.54, 1.807) is 14.1 Å². The molecule has 0 saturated heterocycles. The zero-order chi connectivity index (χ0) is 15.4. The van der Waals surface area contributed by atoms with E-state index in [1.165, 1.54) is 24.0 Å². The van der Waals surface area contributed by atoms with Gasteiger partial charge in [0, 0.05) is 30.2 Å². The monoisotopic (exact) mass is 346 g/mol. The Balaban J connectivity index is 3.20. The highest BCUT2D eigenvalue weighted by Crippen LogP contribution is 2.37. The van der Waals surface area contributed by atoms with Gasteiger partial charge in [-0.05, 0) is 13.0 Å². The van der Waals surface area contributed by atoms with Gasteiger partial charge in [0.15, 0.2) is 6.61 Å². The maximum absolute atomic E-state index is 11.5. The molecule has 0 heterocycles. The van der Waals surface area contributed by atoms with Crippen molar-refractivity contribution in [3.63, 3.8) is 0 Å². The summed E-state index contributed by atoms with van der Waals surface area (Å²) in [5, 5.41) is 20.7. The third-order valence-electron chi connectivity index (χ3n) is 2.55. The highest BCUT2D eigenvalue weighted by molar-refractivity contribution is 9.10. The fourth-order valence-electron chi connectivity index (χ4n) is 1.47. The van der Waals surface area contributed by atoms with E-state index in [0.717, 1.165) is 0 Å². The largest absolute Gasteiger partial charge is 0.476 e. The summed E-state index contributed by atoms with van der Waals surface area (Å²) in [6, 6.07) is 2.79. The standard InChI is InChI=1S/C12H15BrN2O5/c1-7(16)9-4-8(13)5-10(15(18)19)12(9)20-6-11(17)14(2)3/h4-5,7,16H,6H2,1-3H3. The van der Waals surface area contributed by atoms with Gasteiger partial charge in [-0.15, -0.1) is 0 Å². The smallest absolute Gasteiger partial charge is 0.312 e. The van der Waals surface area contributed by atoms with Crippen molar-refractivity contribution in [2.75, 3.05) is 20.7 Å². The molecule has 0 aliphatic carbocycles. The van der Waals surface area contributed by atoms with Crippen LogP contribution in [0.3, 0.4) is 0 Å². The van der Waals surface area contributed by atoms with Gasteiger partial charge in [-0.2, -0.15) is 0 Å². The molecule has 1 unspecified atom stereocenters. The number of likely N-dealkylation sites (N-methyl/N-ethyl adjacent to an activating group) is 1. The fourth-order valence-corrected chi connectivity index (χ4v) is 1.93. The number of aliphatic hydroxyl groups excluding tert-OH is 1. The number of nitro benzene ring substituents is 1. The van der Waals surface area contributed by atoms with Gasteiger partial charge in [0.05, 0.1) is 11.0 Å². The van der Waals surface area contributed by atoms with E-state index < -0.39 is 11.0 Å². The zero-order valence-electron chi connectivity index (χ0n) is 11.3. The van der Waals surface area contributed by atoms with Gasteiger partial charge in [-0.1, -0.05) is 15.9 Å². The Bertz CT molecular complexity index is 531. The van der Waals surface area contributed by atoms with Crippen molar-refractivity contribution in [2.45, 2.75) is 13.0 Å². The molecule has 0 spiro atoms. The molecule has 0 bridgehead atoms. The number of carbonyl (C=O) groups is 1. The average molecular weight is 347 g/mol. The zero-order valence-corrected chi connectivity index (χ0v) is 12.9. The lowest BCUT2D eigenvalue weighted by Gasteiger charge is -2.15. The molecular weight excluding hydrogens is 332 g/mol. The second kappa shape index (κ2) is 6.67. The summed E-state index contributed by atoms with van der Waals surface area (Å²) in [6.07, 6.45) is -0.962. The van der Waals surface area contributed by atoms with Crippen molar-refractivity contribution >= 4 is 27.5 Å². The molecule has 1 atom stereocenters. The number of nitro groups is 1. The van der Waals surface area contributed by atoms with Crippen LogP contribution in [-0.4, -0.2) is 41.5 Å². The lowest BCUT2D eigenvalue weighted by Crippen LogP contribution is -2.28. The number of hydrogen-bond acceptors (Lipinski definition) is 5. The maximum atomic E-state index is 11.5. The van der Waals surface area contributed by atoms with Gasteiger partial charge in [0.1, 0.15) is 0 Å². The molecule has 0 aliphatic rings. The highest BCUT2D eigenvalue weighted by atomic mass is 79.9. The SMILES string of the molecule is CC(O)c1cc(Br)cc([N+](=O)[O-])c1OCC(=O)N(C)C. The Morgan fingerprint density at radius 2 is 2.15 bits per heavy atom. The van der Waals surface area contributed by atoms with Crippen LogP contribution in [0.25, 0.3) is 0 Å². The predicted molar refractivity (Wildman–Crippen MR) is 75.6 cm³/mol. The number of halogens is 1. The lowest BCUT2D eigenvalue weighted by atomic mass is 10.1. The summed E-state index contributed by atoms with van der Waals surface area (Å²) >= 11 is 3.14. The summed E-state index contributed by atoms with van der Waals surface area (Å²) in [5.41, 5.74) is -0.0561. The first kappa shape index (κ1) is 16.4. The third kappa shape index (κ3) is 3.91. The number of rotatable bonds is 5. The van der Waals surface area contributed by atoms with E-state index >= 15 is 0 Å². The number of aliphatic hydroxyl groups is 1. The summed E-state index contributed by atoms with van der Waals surface area (Å²) in [5.74, 6) is -0.429. The minimum absolute atomic E-state index is 0.0941. The predicted octanol–water partition coefficient (Wildman–Crippen LogP) is 1.88. The Morgan fingerprint density at radius 1 is 1.55 bits per heavy atom. The van der Waals surface area contributed by atoms with E-state index in [9.17, 15) is 20.0 Å². The van der Waals surface area contributed by atoms with Crippen LogP contribution in [0.15, 0.2) is 16.6 Å². The molecule has 7 nitrogen and oxygen atoms in total. The van der Waals surface area contributed by atoms with Crippen LogP contribution in [0, 0.1) is 10.1 Å². The summed E-state index contributed by atoms with van der Waals surface area (Å²) in [4.78, 5) is 23.3. The molecule has 0 saturated carbocycles. The first-order chi connectivity index (χ1) is 9.23. The number of hydrogen-bond donors (Lipinski definition) is 1. The molecule has 1 aromatic rings. The lowest BCUT2D eigenvalue weighted by molar-refractivity contribution is -0.386. The molecular formula is C12H15BrN2O5. The van der Waals surface area contributed by atoms with Crippen molar-refractivity contribution < 1.29 is 19.6 Å². The van der Waals surface area contributed by atoms with Gasteiger partial charge in [-0.3, -0.25) is 14.9 Å². The van der Waals surface area contributed by atoms with Crippen LogP contribution in [0.2, 0.25) is 0 Å². The van der Waals surface area contributed by atoms with E-state index in [1.807, 2.05) is 0 Å². The van der Waals surface area contributed by atoms with E-state index in [-0.39, 0.29) is 29.5 Å². The Morgan fingerprint density at radius 3 is 2.60 bits per heavy atom. The number of nitrogens with zero attached hydrogens (tertiary/aromatic N) is 2. The summed E-state index contributed by atoms with van der Waals surface area (Å²) in [7, 11) is 3.11. The topological polar surface area (TPSA) is 92.9 Å². The van der Waals surface area contributed by atoms with E-state index in [4.69, 9.17) is 4.74 Å². The third-order valence-corrected chi connectivity index (χ3v) is 3.01. The molecule has 0 radical (unpaired) electrons.